The minimum Gasteiger partial charge on any atom is -0.481 e. The zero-order chi connectivity index (χ0) is 39.8. The van der Waals surface area contributed by atoms with E-state index in [1.165, 1.54) is 0 Å². The third-order valence-corrected chi connectivity index (χ3v) is 9.43. The summed E-state index contributed by atoms with van der Waals surface area (Å²) >= 11 is 0. The number of unbranched alkanes of at least 4 members (excludes halogenated alkanes) is 1. The van der Waals surface area contributed by atoms with E-state index in [1.807, 2.05) is 60.7 Å². The van der Waals surface area contributed by atoms with Crippen LogP contribution in [0.3, 0.4) is 0 Å². The zero-order valence-corrected chi connectivity index (χ0v) is 30.0. The number of carbonyl (C=O) groups is 7. The predicted octanol–water partition coefficient (Wildman–Crippen LogP) is 2.60. The molecule has 4 atom stereocenters. The summed E-state index contributed by atoms with van der Waals surface area (Å²) in [5.74, 6) is -7.63. The second-order valence-corrected chi connectivity index (χ2v) is 13.9. The number of hydrogen-bond donors (Lipinski definition) is 8. The molecule has 2 aromatic carbocycles. The molecule has 1 aliphatic heterocycles. The molecule has 54 heavy (non-hydrogen) atoms. The monoisotopic (exact) mass is 774 g/mol. The molecule has 8 N–H and O–H groups in total. The molecule has 0 fully saturated rings. The molecule has 292 valence electrons. The van der Waals surface area contributed by atoms with Crippen LogP contribution in [0.2, 0.25) is 0 Å². The van der Waals surface area contributed by atoms with E-state index < -0.39 is 100 Å². The summed E-state index contributed by atoms with van der Waals surface area (Å²) in [6.07, 6.45) is 1.96. The number of nitrogens with one attached hydrogen (secondary N) is 3. The average molecular weight is 775 g/mol. The Labute approximate surface area is 309 Å². The van der Waals surface area contributed by atoms with Gasteiger partial charge in [-0.15, -0.1) is 0 Å². The van der Waals surface area contributed by atoms with Gasteiger partial charge < -0.3 is 40.9 Å². The number of anilines is 1. The van der Waals surface area contributed by atoms with Gasteiger partial charge in [0.1, 0.15) is 18.1 Å². The van der Waals surface area contributed by atoms with Crippen molar-refractivity contribution in [3.8, 4) is 0 Å². The predicted molar refractivity (Wildman–Crippen MR) is 192 cm³/mol. The number of amides is 3. The molecule has 2 unspecified atom stereocenters. The molecular formula is C35H43N4O14P. The van der Waals surface area contributed by atoms with E-state index in [2.05, 4.69) is 10.6 Å². The first-order chi connectivity index (χ1) is 25.6. The minimum atomic E-state index is -4.84. The van der Waals surface area contributed by atoms with Crippen molar-refractivity contribution in [3.63, 3.8) is 0 Å². The molecule has 18 nitrogen and oxygen atoms in total. The van der Waals surface area contributed by atoms with E-state index in [-0.39, 0.29) is 25.2 Å². The Balaban J connectivity index is 1.44. The lowest BCUT2D eigenvalue weighted by Gasteiger charge is -2.27. The van der Waals surface area contributed by atoms with Crippen molar-refractivity contribution in [2.24, 2.45) is 0 Å². The van der Waals surface area contributed by atoms with Crippen LogP contribution in [0.5, 0.6) is 0 Å². The number of benzene rings is 2. The molecule has 19 heteroatoms. The molecule has 1 aliphatic rings. The van der Waals surface area contributed by atoms with Gasteiger partial charge in [0.25, 0.3) is 0 Å². The molecule has 0 spiro atoms. The van der Waals surface area contributed by atoms with Crippen molar-refractivity contribution >= 4 is 67.2 Å². The van der Waals surface area contributed by atoms with E-state index in [0.717, 1.165) is 22.4 Å². The number of carboxylic acids is 4. The molecule has 0 aliphatic carbocycles. The van der Waals surface area contributed by atoms with Crippen molar-refractivity contribution < 1.29 is 68.0 Å². The van der Waals surface area contributed by atoms with Gasteiger partial charge in [-0.3, -0.25) is 28.5 Å². The van der Waals surface area contributed by atoms with Crippen molar-refractivity contribution in [2.45, 2.75) is 82.5 Å². The van der Waals surface area contributed by atoms with Crippen LogP contribution in [0.15, 0.2) is 48.5 Å². The first-order valence-corrected chi connectivity index (χ1v) is 18.5. The molecule has 0 bridgehead atoms. The van der Waals surface area contributed by atoms with E-state index in [0.29, 0.717) is 13.0 Å². The Kier molecular flexibility index (Phi) is 16.5. The molecular weight excluding hydrogens is 731 g/mol. The van der Waals surface area contributed by atoms with E-state index in [9.17, 15) is 53.2 Å². The van der Waals surface area contributed by atoms with E-state index >= 15 is 0 Å². The number of nitrogens with zero attached hydrogens (tertiary/aromatic N) is 1. The lowest BCUT2D eigenvalue weighted by molar-refractivity contribution is -0.143. The minimum absolute atomic E-state index is 0.0944. The summed E-state index contributed by atoms with van der Waals surface area (Å²) in [6.45, 7) is -0.389. The van der Waals surface area contributed by atoms with Gasteiger partial charge in [-0.25, -0.2) is 19.2 Å². The number of hydrogen-bond acceptors (Lipinski definition) is 9. The molecule has 0 saturated carbocycles. The van der Waals surface area contributed by atoms with E-state index in [4.69, 9.17) is 14.7 Å². The second-order valence-electron chi connectivity index (χ2n) is 12.3. The fraction of sp³-hybridized carbons (Fsp3) is 0.400. The third kappa shape index (κ3) is 14.2. The fourth-order valence-electron chi connectivity index (χ4n) is 5.43. The van der Waals surface area contributed by atoms with Gasteiger partial charge in [-0.1, -0.05) is 54.6 Å². The van der Waals surface area contributed by atoms with Crippen LogP contribution in [0.25, 0.3) is 12.2 Å². The highest BCUT2D eigenvalue weighted by Gasteiger charge is 2.31. The Morgan fingerprint density at radius 1 is 0.685 bits per heavy atom. The van der Waals surface area contributed by atoms with Gasteiger partial charge in [-0.05, 0) is 48.4 Å². The van der Waals surface area contributed by atoms with Crippen LogP contribution in [-0.4, -0.2) is 91.7 Å². The quantitative estimate of drug-likeness (QED) is 0.0630. The Hall–Kier alpha value is -5.42. The highest BCUT2D eigenvalue weighted by Crippen LogP contribution is 2.38. The lowest BCUT2D eigenvalue weighted by Crippen LogP contribution is -2.44. The largest absolute Gasteiger partial charge is 0.481 e. The fourth-order valence-corrected chi connectivity index (χ4v) is 6.49. The zero-order valence-electron chi connectivity index (χ0n) is 29.1. The van der Waals surface area contributed by atoms with Crippen LogP contribution >= 0.6 is 7.75 Å². The summed E-state index contributed by atoms with van der Waals surface area (Å²) in [6, 6.07) is 10.4. The maximum absolute atomic E-state index is 13.4. The van der Waals surface area contributed by atoms with Gasteiger partial charge in [0.15, 0.2) is 0 Å². The molecule has 1 heterocycles. The normalized spacial score (nSPS) is 15.4. The van der Waals surface area contributed by atoms with Crippen molar-refractivity contribution in [1.29, 1.82) is 0 Å². The lowest BCUT2D eigenvalue weighted by atomic mass is 10.0. The molecule has 0 aromatic heterocycles. The molecule has 3 rings (SSSR count). The summed E-state index contributed by atoms with van der Waals surface area (Å²) in [7, 11) is -4.84. The topological polar surface area (TPSA) is 286 Å². The Bertz CT molecular complexity index is 1780. The second kappa shape index (κ2) is 20.7. The molecule has 3 amide bonds. The molecule has 0 saturated heterocycles. The summed E-state index contributed by atoms with van der Waals surface area (Å²) in [4.78, 5) is 95.5. The van der Waals surface area contributed by atoms with Crippen molar-refractivity contribution in [1.82, 2.24) is 15.7 Å². The number of rotatable bonds is 22. The smallest absolute Gasteiger partial charge is 0.403 e. The molecule has 0 radical (unpaired) electrons. The van der Waals surface area contributed by atoms with Gasteiger partial charge in [0.2, 0.25) is 17.7 Å². The number of carbonyl (C=O) groups excluding carboxylic acids is 3. The summed E-state index contributed by atoms with van der Waals surface area (Å²) < 4.78 is 16.9. The number of para-hydroxylation sites is 1. The van der Waals surface area contributed by atoms with Crippen LogP contribution in [0.4, 0.5) is 5.69 Å². The Morgan fingerprint density at radius 3 is 1.87 bits per heavy atom. The standard InChI is InChI=1S/C35H43N4O14P/c40-29(11-5-6-12-31(42)39-21-24-9-2-1-7-22(24)13-14-23-8-3-4-10-28(23)39)36-25(33(45)46)15-17-30(41)37-26(34(47)48)19-20-53-54(51,52)38-27(35(49)50)16-18-32(43)44/h1-4,7-10,13-14,25-27H,5-6,11-12,15-21H2,(H,36,40)(H,37,41)(H,43,44)(H,45,46)(H,47,48)(H,49,50)(H2,38,51,52)/b14-13-/t25-,26+,27?/m1/s1. The van der Waals surface area contributed by atoms with Gasteiger partial charge in [0, 0.05) is 32.1 Å². The Morgan fingerprint density at radius 2 is 1.22 bits per heavy atom. The highest BCUT2D eigenvalue weighted by atomic mass is 31.2. The van der Waals surface area contributed by atoms with Gasteiger partial charge in [0.05, 0.1) is 18.8 Å². The highest BCUT2D eigenvalue weighted by molar-refractivity contribution is 7.50. The third-order valence-electron chi connectivity index (χ3n) is 8.26. The van der Waals surface area contributed by atoms with E-state index in [1.54, 1.807) is 9.99 Å². The SMILES string of the molecule is O=C(O)CCC(NP(=O)(O)OCC[C@H](NC(=O)CC[C@@H](NC(=O)CCCCC(=O)N1Cc2ccccc2/C=C\c2ccccc21)C(=O)O)C(=O)O)C(=O)O. The first-order valence-electron chi connectivity index (χ1n) is 17.0. The number of carboxylic acid groups (broad SMARTS) is 4. The summed E-state index contributed by atoms with van der Waals surface area (Å²) in [5.41, 5.74) is 3.61. The maximum Gasteiger partial charge on any atom is 0.403 e. The van der Waals surface area contributed by atoms with Crippen LogP contribution in [0, 0.1) is 0 Å². The van der Waals surface area contributed by atoms with Crippen molar-refractivity contribution in [2.75, 3.05) is 11.5 Å². The number of fused-ring (bicyclic) bond motifs is 2. The van der Waals surface area contributed by atoms with Gasteiger partial charge >= 0.3 is 31.6 Å². The summed E-state index contributed by atoms with van der Waals surface area (Å²) in [5, 5.41) is 43.1. The number of aliphatic carboxylic acids is 4. The van der Waals surface area contributed by atoms with Crippen molar-refractivity contribution in [3.05, 3.63) is 65.2 Å². The first kappa shape index (κ1) is 43.0. The van der Waals surface area contributed by atoms with Gasteiger partial charge in [-0.2, -0.15) is 0 Å². The van der Waals surface area contributed by atoms with Crippen LogP contribution < -0.4 is 20.6 Å². The van der Waals surface area contributed by atoms with Crippen LogP contribution in [-0.2, 0) is 49.2 Å². The average Bonchev–Trinajstić information content (AvgIpc) is 3.10. The molecule has 2 aromatic rings. The maximum atomic E-state index is 13.4. The van der Waals surface area contributed by atoms with Crippen LogP contribution in [0.1, 0.15) is 74.5 Å².